The van der Waals surface area contributed by atoms with E-state index in [1.807, 2.05) is 66.7 Å². The molecule has 0 unspecified atom stereocenters. The van der Waals surface area contributed by atoms with Crippen LogP contribution < -0.4 is 0 Å². The molecule has 3 nitrogen and oxygen atoms in total. The Labute approximate surface area is 199 Å². The van der Waals surface area contributed by atoms with Gasteiger partial charge in [0.1, 0.15) is 0 Å². The van der Waals surface area contributed by atoms with Gasteiger partial charge in [-0.2, -0.15) is 10.5 Å². The summed E-state index contributed by atoms with van der Waals surface area (Å²) < 4.78 is 0. The van der Waals surface area contributed by atoms with Crippen molar-refractivity contribution in [3.8, 4) is 45.5 Å². The van der Waals surface area contributed by atoms with Gasteiger partial charge in [0.05, 0.1) is 23.3 Å². The van der Waals surface area contributed by atoms with E-state index in [2.05, 4.69) is 42.5 Å². The number of carbonyl (C=O) groups excluding carboxylic acids is 1. The second-order valence-corrected chi connectivity index (χ2v) is 7.63. The lowest BCUT2D eigenvalue weighted by Crippen LogP contribution is -1.88. The zero-order chi connectivity index (χ0) is 23.8. The van der Waals surface area contributed by atoms with E-state index < -0.39 is 0 Å². The monoisotopic (exact) mass is 436 g/mol. The Bertz CT molecular complexity index is 1430. The van der Waals surface area contributed by atoms with Crippen LogP contribution in [0.1, 0.15) is 11.1 Å². The molecule has 0 amide bonds. The summed E-state index contributed by atoms with van der Waals surface area (Å²) in [7, 11) is 0. The highest BCUT2D eigenvalue weighted by Crippen LogP contribution is 2.36. The first-order chi connectivity index (χ1) is 16.7. The molecule has 0 N–H and O–H groups in total. The Morgan fingerprint density at radius 3 is 1.47 bits per heavy atom. The molecule has 0 atom stereocenters. The van der Waals surface area contributed by atoms with Crippen LogP contribution in [0.25, 0.3) is 33.4 Å². The van der Waals surface area contributed by atoms with Gasteiger partial charge in [0.2, 0.25) is 0 Å². The lowest BCUT2D eigenvalue weighted by Gasteiger charge is -2.13. The highest BCUT2D eigenvalue weighted by Gasteiger charge is 2.10. The number of ketones is 1. The molecule has 0 spiro atoms. The van der Waals surface area contributed by atoms with E-state index in [1.54, 1.807) is 12.2 Å². The van der Waals surface area contributed by atoms with Crippen molar-refractivity contribution in [2.75, 3.05) is 0 Å². The van der Waals surface area contributed by atoms with Crippen LogP contribution in [0.15, 0.2) is 121 Å². The van der Waals surface area contributed by atoms with Gasteiger partial charge < -0.3 is 0 Å². The molecule has 34 heavy (non-hydrogen) atoms. The molecular formula is C31H20N2O. The zero-order valence-corrected chi connectivity index (χ0v) is 18.3. The molecule has 1 aliphatic rings. The van der Waals surface area contributed by atoms with Gasteiger partial charge in [0.25, 0.3) is 0 Å². The second kappa shape index (κ2) is 10.6. The number of nitrogens with zero attached hydrogens (tertiary/aromatic N) is 2. The van der Waals surface area contributed by atoms with Crippen molar-refractivity contribution in [3.63, 3.8) is 0 Å². The summed E-state index contributed by atoms with van der Waals surface area (Å²) in [6.07, 6.45) is 6.50. The number of nitriles is 2. The summed E-state index contributed by atoms with van der Waals surface area (Å²) in [4.78, 5) is 10.1. The van der Waals surface area contributed by atoms with Crippen molar-refractivity contribution in [3.05, 3.63) is 132 Å². The molecule has 3 heteroatoms. The Balaban J connectivity index is 0.000000398. The van der Waals surface area contributed by atoms with Crippen LogP contribution in [0.5, 0.6) is 0 Å². The van der Waals surface area contributed by atoms with E-state index in [0.717, 1.165) is 33.4 Å². The summed E-state index contributed by atoms with van der Waals surface area (Å²) in [5.74, 6) is 0.0926. The first kappa shape index (κ1) is 22.2. The van der Waals surface area contributed by atoms with Gasteiger partial charge in [-0.3, -0.25) is 4.79 Å². The van der Waals surface area contributed by atoms with Crippen LogP contribution >= 0.6 is 0 Å². The lowest BCUT2D eigenvalue weighted by atomic mass is 9.90. The van der Waals surface area contributed by atoms with E-state index in [0.29, 0.717) is 11.1 Å². The van der Waals surface area contributed by atoms with Crippen molar-refractivity contribution in [2.45, 2.75) is 0 Å². The van der Waals surface area contributed by atoms with E-state index in [9.17, 15) is 4.79 Å². The molecule has 0 aliphatic heterocycles. The fraction of sp³-hybridized carbons (Fsp3) is 0. The number of benzene rings is 4. The fourth-order valence-corrected chi connectivity index (χ4v) is 3.65. The molecular weight excluding hydrogens is 416 g/mol. The molecule has 5 rings (SSSR count). The zero-order valence-electron chi connectivity index (χ0n) is 18.3. The molecule has 0 aromatic heterocycles. The molecule has 4 aromatic rings. The fourth-order valence-electron chi connectivity index (χ4n) is 3.65. The first-order valence-electron chi connectivity index (χ1n) is 10.8. The van der Waals surface area contributed by atoms with Crippen molar-refractivity contribution < 1.29 is 4.79 Å². The predicted molar refractivity (Wildman–Crippen MR) is 135 cm³/mol. The highest BCUT2D eigenvalue weighted by molar-refractivity contribution is 6.01. The van der Waals surface area contributed by atoms with Crippen LogP contribution in [0.2, 0.25) is 0 Å². The van der Waals surface area contributed by atoms with E-state index >= 15 is 0 Å². The third kappa shape index (κ3) is 5.25. The molecule has 0 fully saturated rings. The molecule has 0 radical (unpaired) electrons. The second-order valence-electron chi connectivity index (χ2n) is 7.63. The quantitative estimate of drug-likeness (QED) is 0.344. The molecule has 0 bridgehead atoms. The minimum atomic E-state index is 0.0926. The largest absolute Gasteiger partial charge is 0.290 e. The smallest absolute Gasteiger partial charge is 0.178 e. The maximum Gasteiger partial charge on any atom is 0.178 e. The summed E-state index contributed by atoms with van der Waals surface area (Å²) in [6.45, 7) is 0. The molecule has 0 saturated carbocycles. The summed E-state index contributed by atoms with van der Waals surface area (Å²) in [5.41, 5.74) is 7.87. The topological polar surface area (TPSA) is 64.7 Å². The van der Waals surface area contributed by atoms with Crippen LogP contribution in [-0.4, -0.2) is 5.78 Å². The Kier molecular flexibility index (Phi) is 6.89. The highest BCUT2D eigenvalue weighted by atomic mass is 16.1. The Morgan fingerprint density at radius 2 is 1.00 bits per heavy atom. The van der Waals surface area contributed by atoms with Crippen LogP contribution in [-0.2, 0) is 4.79 Å². The number of allylic oxidation sites excluding steroid dienone is 4. The van der Waals surface area contributed by atoms with Crippen molar-refractivity contribution in [1.29, 1.82) is 10.5 Å². The molecule has 0 heterocycles. The first-order valence-corrected chi connectivity index (χ1v) is 10.8. The van der Waals surface area contributed by atoms with Crippen LogP contribution in [0, 0.1) is 22.7 Å². The number of hydrogen-bond acceptors (Lipinski definition) is 3. The van der Waals surface area contributed by atoms with Crippen molar-refractivity contribution in [2.24, 2.45) is 0 Å². The van der Waals surface area contributed by atoms with Gasteiger partial charge in [-0.1, -0.05) is 78.9 Å². The lowest BCUT2D eigenvalue weighted by molar-refractivity contribution is -0.110. The van der Waals surface area contributed by atoms with Gasteiger partial charge in [0, 0.05) is 0 Å². The van der Waals surface area contributed by atoms with Gasteiger partial charge in [0.15, 0.2) is 5.78 Å². The van der Waals surface area contributed by atoms with E-state index in [-0.39, 0.29) is 5.78 Å². The van der Waals surface area contributed by atoms with E-state index in [4.69, 9.17) is 10.5 Å². The van der Waals surface area contributed by atoms with Gasteiger partial charge in [-0.05, 0) is 75.9 Å². The third-order valence-corrected chi connectivity index (χ3v) is 5.41. The predicted octanol–water partition coefficient (Wildman–Crippen LogP) is 7.11. The molecule has 0 saturated heterocycles. The molecule has 1 aliphatic carbocycles. The van der Waals surface area contributed by atoms with Crippen LogP contribution in [0.3, 0.4) is 0 Å². The maximum atomic E-state index is 10.1. The average molecular weight is 437 g/mol. The summed E-state index contributed by atoms with van der Waals surface area (Å²) in [5, 5.41) is 18.2. The van der Waals surface area contributed by atoms with E-state index in [1.165, 1.54) is 12.2 Å². The SMILES string of the molecule is N#Cc1ccc(-c2ccc(-c3ccccc3)cc2-c2ccc(C#N)cc2)cc1.O=C1C=CC=C1. The van der Waals surface area contributed by atoms with Crippen LogP contribution in [0.4, 0.5) is 0 Å². The third-order valence-electron chi connectivity index (χ3n) is 5.41. The Morgan fingerprint density at radius 1 is 0.500 bits per heavy atom. The normalized spacial score (nSPS) is 11.3. The number of carbonyl (C=O) groups is 1. The van der Waals surface area contributed by atoms with Crippen molar-refractivity contribution >= 4 is 5.78 Å². The Hall–Kier alpha value is -4.99. The summed E-state index contributed by atoms with van der Waals surface area (Å²) in [6, 6.07) is 36.3. The number of hydrogen-bond donors (Lipinski definition) is 0. The van der Waals surface area contributed by atoms with Gasteiger partial charge >= 0.3 is 0 Å². The average Bonchev–Trinajstić information content (AvgIpc) is 3.40. The van der Waals surface area contributed by atoms with Gasteiger partial charge in [-0.25, -0.2) is 0 Å². The molecule has 4 aromatic carbocycles. The van der Waals surface area contributed by atoms with Crippen molar-refractivity contribution in [1.82, 2.24) is 0 Å². The minimum Gasteiger partial charge on any atom is -0.290 e. The standard InChI is InChI=1S/C26H16N2.C5H4O/c27-17-19-6-10-22(11-7-19)25-15-14-24(21-4-2-1-3-5-21)16-26(25)23-12-8-20(18-28)9-13-23;6-5-3-1-2-4-5/h1-16H;1-4H. The van der Waals surface area contributed by atoms with Gasteiger partial charge in [-0.15, -0.1) is 0 Å². The summed E-state index contributed by atoms with van der Waals surface area (Å²) >= 11 is 0. The number of rotatable bonds is 3. The molecule has 160 valence electrons. The minimum absolute atomic E-state index is 0.0926. The maximum absolute atomic E-state index is 10.1.